The second kappa shape index (κ2) is 4.95. The van der Waals surface area contributed by atoms with Crippen molar-refractivity contribution in [2.24, 2.45) is 0 Å². The number of hydrogen-bond acceptors (Lipinski definition) is 3. The van der Waals surface area contributed by atoms with E-state index in [4.69, 9.17) is 0 Å². The minimum absolute atomic E-state index is 0.104. The van der Waals surface area contributed by atoms with Gasteiger partial charge in [0.05, 0.1) is 6.54 Å². The summed E-state index contributed by atoms with van der Waals surface area (Å²) in [5, 5.41) is 1.40. The van der Waals surface area contributed by atoms with Crippen LogP contribution in [-0.4, -0.2) is 20.7 Å². The van der Waals surface area contributed by atoms with Crippen LogP contribution in [-0.2, 0) is 10.0 Å². The summed E-state index contributed by atoms with van der Waals surface area (Å²) in [6, 6.07) is 10.5. The summed E-state index contributed by atoms with van der Waals surface area (Å²) in [5.41, 5.74) is 0.280. The van der Waals surface area contributed by atoms with Crippen LogP contribution in [0.1, 0.15) is 10.4 Å². The van der Waals surface area contributed by atoms with Gasteiger partial charge in [0.1, 0.15) is 4.90 Å². The fourth-order valence-electron chi connectivity index (χ4n) is 2.08. The zero-order valence-corrected chi connectivity index (χ0v) is 11.0. The first kappa shape index (κ1) is 13.5. The third kappa shape index (κ3) is 2.18. The molecule has 0 aliphatic carbocycles. The molecule has 4 nitrogen and oxygen atoms in total. The quantitative estimate of drug-likeness (QED) is 0.749. The molecule has 0 aromatic heterocycles. The van der Waals surface area contributed by atoms with Crippen molar-refractivity contribution in [1.82, 2.24) is 4.72 Å². The third-order valence-electron chi connectivity index (χ3n) is 2.87. The minimum atomic E-state index is -3.57. The zero-order valence-electron chi connectivity index (χ0n) is 10.2. The first-order chi connectivity index (χ1) is 9.09. The lowest BCUT2D eigenvalue weighted by Crippen LogP contribution is -2.36. The van der Waals surface area contributed by atoms with Gasteiger partial charge in [0.25, 0.3) is 0 Å². The number of carbonyl (C=O) groups excluding carboxylic acids is 1. The molecule has 0 amide bonds. The highest BCUT2D eigenvalue weighted by Gasteiger charge is 2.30. The average molecular weight is 275 g/mol. The topological polar surface area (TPSA) is 63.2 Å². The number of nitrogens with one attached hydrogen (secondary N) is 1. The molecule has 1 heterocycles. The van der Waals surface area contributed by atoms with Gasteiger partial charge >= 0.3 is 0 Å². The van der Waals surface area contributed by atoms with Gasteiger partial charge < -0.3 is 0 Å². The van der Waals surface area contributed by atoms with Crippen molar-refractivity contribution in [1.29, 1.82) is 0 Å². The zero-order chi connectivity index (χ0) is 14.0. The number of sulfonamides is 1. The largest absolute Gasteiger partial charge is 0.293 e. The lowest BCUT2D eigenvalue weighted by atomic mass is 10.0. The van der Waals surface area contributed by atoms with Crippen molar-refractivity contribution in [3.05, 3.63) is 55.1 Å². The molecule has 1 N–H and O–H groups in total. The monoisotopic (exact) mass is 275 g/mol. The van der Waals surface area contributed by atoms with Crippen LogP contribution < -0.4 is 4.72 Å². The van der Waals surface area contributed by atoms with Gasteiger partial charge in [-0.2, -0.15) is 0 Å². The number of ketones is 1. The fraction of sp³-hybridized carbons (Fsp3) is 0.0714. The van der Waals surface area contributed by atoms with Gasteiger partial charge in [0.15, 0.2) is 5.78 Å². The van der Waals surface area contributed by atoms with Crippen LogP contribution in [0.3, 0.4) is 0 Å². The molecule has 1 aliphatic heterocycles. The fourth-order valence-corrected chi connectivity index (χ4v) is 3.49. The molecule has 2 aromatic carbocycles. The molecule has 0 bridgehead atoms. The van der Waals surface area contributed by atoms with Gasteiger partial charge in [-0.1, -0.05) is 30.3 Å². The van der Waals surface area contributed by atoms with Crippen LogP contribution in [0.4, 0.5) is 0 Å². The normalized spacial score (nSPS) is 16.3. The van der Waals surface area contributed by atoms with Gasteiger partial charge in [0, 0.05) is 10.9 Å². The molecule has 0 saturated heterocycles. The summed E-state index contributed by atoms with van der Waals surface area (Å²) in [7, 11) is -3.57. The Hall–Kier alpha value is -1.98. The second-order valence-corrected chi connectivity index (χ2v) is 5.61. The number of carbonyl (C=O) groups is 1. The Balaban J connectivity index is 0.000000637. The number of Topliss-reactive ketones (excluding diaryl/α,β-unsaturated/α-hetero) is 1. The van der Waals surface area contributed by atoms with Crippen LogP contribution in [0.5, 0.6) is 0 Å². The van der Waals surface area contributed by atoms with E-state index >= 15 is 0 Å². The molecule has 0 fully saturated rings. The molecule has 0 spiro atoms. The molecule has 5 heteroatoms. The first-order valence-corrected chi connectivity index (χ1v) is 7.12. The Morgan fingerprint density at radius 2 is 1.74 bits per heavy atom. The molecule has 0 atom stereocenters. The summed E-state index contributed by atoms with van der Waals surface area (Å²) in [6.07, 6.45) is 0. The van der Waals surface area contributed by atoms with Gasteiger partial charge in [0.2, 0.25) is 10.0 Å². The lowest BCUT2D eigenvalue weighted by Gasteiger charge is -2.18. The van der Waals surface area contributed by atoms with Crippen molar-refractivity contribution in [2.75, 3.05) is 6.54 Å². The summed E-state index contributed by atoms with van der Waals surface area (Å²) in [6.45, 7) is 5.84. The molecule has 0 unspecified atom stereocenters. The average Bonchev–Trinajstić information content (AvgIpc) is 2.44. The highest BCUT2D eigenvalue weighted by Crippen LogP contribution is 2.29. The van der Waals surface area contributed by atoms with E-state index < -0.39 is 10.0 Å². The highest BCUT2D eigenvalue weighted by atomic mass is 32.2. The Kier molecular flexibility index (Phi) is 3.50. The number of rotatable bonds is 0. The minimum Gasteiger partial charge on any atom is -0.293 e. The lowest BCUT2D eigenvalue weighted by molar-refractivity contribution is 0.0991. The van der Waals surface area contributed by atoms with Crippen molar-refractivity contribution in [2.45, 2.75) is 4.90 Å². The summed E-state index contributed by atoms with van der Waals surface area (Å²) in [4.78, 5) is 11.8. The van der Waals surface area contributed by atoms with Crippen molar-refractivity contribution < 1.29 is 13.2 Å². The molecule has 0 saturated carbocycles. The molecule has 3 rings (SSSR count). The van der Waals surface area contributed by atoms with Crippen molar-refractivity contribution >= 4 is 26.6 Å². The predicted octanol–water partition coefficient (Wildman–Crippen LogP) is 2.12. The highest BCUT2D eigenvalue weighted by molar-refractivity contribution is 7.90. The predicted molar refractivity (Wildman–Crippen MR) is 74.7 cm³/mol. The van der Waals surface area contributed by atoms with Crippen LogP contribution in [0.25, 0.3) is 10.8 Å². The van der Waals surface area contributed by atoms with Gasteiger partial charge in [-0.25, -0.2) is 13.1 Å². The standard InChI is InChI=1S/C12H9NO3S.C2H4/c14-11-7-13-17(15,16)12-9-4-2-1-3-8(9)5-6-10(11)12;1-2/h1-6,13H,7H2;1-2H2. The van der Waals surface area contributed by atoms with E-state index in [1.807, 2.05) is 12.1 Å². The smallest absolute Gasteiger partial charge is 0.242 e. The van der Waals surface area contributed by atoms with Gasteiger partial charge in [-0.3, -0.25) is 4.79 Å². The van der Waals surface area contributed by atoms with E-state index in [2.05, 4.69) is 17.9 Å². The summed E-state index contributed by atoms with van der Waals surface area (Å²) in [5.74, 6) is -0.194. The van der Waals surface area contributed by atoms with Crippen molar-refractivity contribution in [3.8, 4) is 0 Å². The summed E-state index contributed by atoms with van der Waals surface area (Å²) < 4.78 is 26.2. The SMILES string of the molecule is C=C.O=C1CNS(=O)(=O)c2c1ccc1ccccc21. The Morgan fingerprint density at radius 3 is 2.47 bits per heavy atom. The molecule has 1 aliphatic rings. The van der Waals surface area contributed by atoms with E-state index in [9.17, 15) is 13.2 Å². The molecular weight excluding hydrogens is 262 g/mol. The van der Waals surface area contributed by atoms with Gasteiger partial charge in [-0.05, 0) is 11.5 Å². The maximum absolute atomic E-state index is 12.0. The molecule has 2 aromatic rings. The molecular formula is C14H13NO3S. The van der Waals surface area contributed by atoms with Gasteiger partial charge in [-0.15, -0.1) is 13.2 Å². The van der Waals surface area contributed by atoms with Crippen LogP contribution in [0.2, 0.25) is 0 Å². The molecule has 19 heavy (non-hydrogen) atoms. The first-order valence-electron chi connectivity index (χ1n) is 5.64. The van der Waals surface area contributed by atoms with E-state index in [1.165, 1.54) is 0 Å². The van der Waals surface area contributed by atoms with E-state index in [0.717, 1.165) is 5.39 Å². The van der Waals surface area contributed by atoms with Crippen LogP contribution in [0.15, 0.2) is 54.5 Å². The summed E-state index contributed by atoms with van der Waals surface area (Å²) >= 11 is 0. The maximum atomic E-state index is 12.0. The number of fused-ring (bicyclic) bond motifs is 3. The second-order valence-electron chi connectivity index (χ2n) is 3.91. The molecule has 0 radical (unpaired) electrons. The van der Waals surface area contributed by atoms with E-state index in [1.54, 1.807) is 24.3 Å². The van der Waals surface area contributed by atoms with Crippen LogP contribution >= 0.6 is 0 Å². The maximum Gasteiger partial charge on any atom is 0.242 e. The number of hydrogen-bond donors (Lipinski definition) is 1. The molecule has 98 valence electrons. The third-order valence-corrected chi connectivity index (χ3v) is 4.37. The Labute approximate surface area is 111 Å². The van der Waals surface area contributed by atoms with E-state index in [-0.39, 0.29) is 22.8 Å². The Bertz CT molecular complexity index is 750. The Morgan fingerprint density at radius 1 is 1.05 bits per heavy atom. The number of benzene rings is 2. The van der Waals surface area contributed by atoms with Crippen LogP contribution in [0, 0.1) is 0 Å². The van der Waals surface area contributed by atoms with E-state index in [0.29, 0.717) is 5.39 Å². The van der Waals surface area contributed by atoms with Crippen molar-refractivity contribution in [3.63, 3.8) is 0 Å².